The first kappa shape index (κ1) is 20.5. The van der Waals surface area contributed by atoms with Gasteiger partial charge in [-0.15, -0.1) is 0 Å². The highest BCUT2D eigenvalue weighted by atomic mass is 35.5. The van der Waals surface area contributed by atoms with Crippen LogP contribution in [0.4, 0.5) is 4.79 Å². The number of rotatable bonds is 7. The lowest BCUT2D eigenvalue weighted by atomic mass is 10.0. The summed E-state index contributed by atoms with van der Waals surface area (Å²) in [6, 6.07) is 12.5. The van der Waals surface area contributed by atoms with Gasteiger partial charge in [-0.25, -0.2) is 4.79 Å². The average molecular weight is 389 g/mol. The van der Waals surface area contributed by atoms with Gasteiger partial charge in [-0.05, 0) is 61.9 Å². The van der Waals surface area contributed by atoms with E-state index in [4.69, 9.17) is 16.3 Å². The van der Waals surface area contributed by atoms with Crippen LogP contribution in [0.1, 0.15) is 36.2 Å². The Morgan fingerprint density at radius 1 is 1.00 bits per heavy atom. The molecule has 2 rings (SSSR count). The Bertz CT molecular complexity index is 804. The fraction of sp³-hybridized carbons (Fsp3) is 0.250. The quantitative estimate of drug-likeness (QED) is 0.710. The number of hydrogen-bond acceptors (Lipinski definition) is 4. The van der Waals surface area contributed by atoms with Gasteiger partial charge in [-0.3, -0.25) is 14.9 Å². The Morgan fingerprint density at radius 2 is 1.56 bits per heavy atom. The molecule has 0 aliphatic carbocycles. The molecule has 2 aromatic carbocycles. The van der Waals surface area contributed by atoms with Crippen LogP contribution in [-0.4, -0.2) is 30.4 Å². The zero-order chi connectivity index (χ0) is 19.8. The van der Waals surface area contributed by atoms with E-state index in [0.29, 0.717) is 21.9 Å². The van der Waals surface area contributed by atoms with Gasteiger partial charge in [-0.2, -0.15) is 0 Å². The van der Waals surface area contributed by atoms with Crippen molar-refractivity contribution in [1.82, 2.24) is 10.6 Å². The van der Waals surface area contributed by atoms with Gasteiger partial charge in [0.25, 0.3) is 5.91 Å². The molecular formula is C20H21ClN2O4. The van der Waals surface area contributed by atoms with E-state index in [1.807, 2.05) is 13.8 Å². The highest BCUT2D eigenvalue weighted by molar-refractivity contribution is 6.30. The number of amides is 3. The summed E-state index contributed by atoms with van der Waals surface area (Å²) in [5, 5.41) is 5.38. The summed E-state index contributed by atoms with van der Waals surface area (Å²) in [7, 11) is 0. The van der Waals surface area contributed by atoms with Crippen LogP contribution in [0.15, 0.2) is 48.5 Å². The minimum atomic E-state index is -0.558. The number of ketones is 1. The fourth-order valence-electron chi connectivity index (χ4n) is 2.14. The van der Waals surface area contributed by atoms with Gasteiger partial charge in [0, 0.05) is 22.2 Å². The molecule has 0 saturated heterocycles. The molecule has 2 aromatic rings. The summed E-state index contributed by atoms with van der Waals surface area (Å²) in [4.78, 5) is 35.7. The van der Waals surface area contributed by atoms with E-state index in [1.54, 1.807) is 48.5 Å². The second-order valence-corrected chi connectivity index (χ2v) is 6.42. The van der Waals surface area contributed by atoms with Crippen LogP contribution in [0.5, 0.6) is 5.75 Å². The van der Waals surface area contributed by atoms with Gasteiger partial charge >= 0.3 is 6.03 Å². The van der Waals surface area contributed by atoms with Gasteiger partial charge in [0.2, 0.25) is 0 Å². The smallest absolute Gasteiger partial charge is 0.321 e. The topological polar surface area (TPSA) is 84.5 Å². The number of carbonyl (C=O) groups excluding carboxylic acids is 3. The van der Waals surface area contributed by atoms with Crippen molar-refractivity contribution < 1.29 is 19.1 Å². The predicted molar refractivity (Wildman–Crippen MR) is 103 cm³/mol. The van der Waals surface area contributed by atoms with Crippen LogP contribution in [-0.2, 0) is 4.79 Å². The molecular weight excluding hydrogens is 368 g/mol. The number of urea groups is 1. The molecule has 0 fully saturated rings. The third-order valence-electron chi connectivity index (χ3n) is 3.84. The largest absolute Gasteiger partial charge is 0.484 e. The molecule has 3 amide bonds. The second-order valence-electron chi connectivity index (χ2n) is 5.98. The first-order valence-corrected chi connectivity index (χ1v) is 8.90. The van der Waals surface area contributed by atoms with Crippen LogP contribution in [0.25, 0.3) is 0 Å². The lowest BCUT2D eigenvalue weighted by Crippen LogP contribution is -2.44. The maximum absolute atomic E-state index is 12.4. The first-order valence-electron chi connectivity index (χ1n) is 8.52. The average Bonchev–Trinajstić information content (AvgIpc) is 2.66. The molecule has 0 aliphatic rings. The van der Waals surface area contributed by atoms with Gasteiger partial charge in [-0.1, -0.05) is 18.5 Å². The van der Waals surface area contributed by atoms with Crippen molar-refractivity contribution >= 4 is 29.3 Å². The maximum Gasteiger partial charge on any atom is 0.321 e. The number of ether oxygens (including phenoxy) is 1. The zero-order valence-corrected chi connectivity index (χ0v) is 15.9. The van der Waals surface area contributed by atoms with Gasteiger partial charge in [0.15, 0.2) is 12.4 Å². The molecule has 0 radical (unpaired) electrons. The first-order chi connectivity index (χ1) is 12.9. The van der Waals surface area contributed by atoms with Crippen LogP contribution < -0.4 is 15.4 Å². The molecule has 27 heavy (non-hydrogen) atoms. The van der Waals surface area contributed by atoms with Crippen LogP contribution in [0.3, 0.4) is 0 Å². The molecule has 1 atom stereocenters. The van der Waals surface area contributed by atoms with Crippen LogP contribution in [0.2, 0.25) is 5.02 Å². The Kier molecular flexibility index (Phi) is 7.37. The monoisotopic (exact) mass is 388 g/mol. The molecule has 0 spiro atoms. The molecule has 0 aliphatic heterocycles. The Labute approximate surface area is 162 Å². The molecule has 0 bridgehead atoms. The fourth-order valence-corrected chi connectivity index (χ4v) is 2.27. The summed E-state index contributed by atoms with van der Waals surface area (Å²) in [6.07, 6.45) is 0.763. The Hall–Kier alpha value is -2.86. The van der Waals surface area contributed by atoms with E-state index in [2.05, 4.69) is 10.6 Å². The molecule has 7 heteroatoms. The highest BCUT2D eigenvalue weighted by Gasteiger charge is 2.12. The number of imide groups is 1. The SMILES string of the molecule is CC[C@H](C)NC(=O)NC(=O)COc1ccc(C(=O)c2ccc(Cl)cc2)cc1. The van der Waals surface area contributed by atoms with E-state index < -0.39 is 11.9 Å². The Balaban J connectivity index is 1.86. The minimum absolute atomic E-state index is 0.0237. The molecule has 0 unspecified atom stereocenters. The minimum Gasteiger partial charge on any atom is -0.484 e. The summed E-state index contributed by atoms with van der Waals surface area (Å²) in [5.74, 6) is -0.282. The normalized spacial score (nSPS) is 11.4. The lowest BCUT2D eigenvalue weighted by Gasteiger charge is -2.12. The number of benzene rings is 2. The van der Waals surface area contributed by atoms with E-state index >= 15 is 0 Å². The lowest BCUT2D eigenvalue weighted by molar-refractivity contribution is -0.122. The third kappa shape index (κ3) is 6.42. The van der Waals surface area contributed by atoms with Crippen molar-refractivity contribution in [3.8, 4) is 5.75 Å². The number of halogens is 1. The summed E-state index contributed by atoms with van der Waals surface area (Å²) in [5.41, 5.74) is 1.02. The second kappa shape index (κ2) is 9.73. The molecule has 6 nitrogen and oxygen atoms in total. The van der Waals surface area contributed by atoms with Crippen molar-refractivity contribution in [2.24, 2.45) is 0 Å². The van der Waals surface area contributed by atoms with Crippen molar-refractivity contribution in [2.75, 3.05) is 6.61 Å². The van der Waals surface area contributed by atoms with Gasteiger partial charge < -0.3 is 10.1 Å². The molecule has 142 valence electrons. The number of nitrogens with one attached hydrogen (secondary N) is 2. The van der Waals surface area contributed by atoms with Crippen LogP contribution >= 0.6 is 11.6 Å². The van der Waals surface area contributed by atoms with Gasteiger partial charge in [0.1, 0.15) is 5.75 Å². The van der Waals surface area contributed by atoms with E-state index in [0.717, 1.165) is 6.42 Å². The van der Waals surface area contributed by atoms with Crippen molar-refractivity contribution in [2.45, 2.75) is 26.3 Å². The third-order valence-corrected chi connectivity index (χ3v) is 4.09. The highest BCUT2D eigenvalue weighted by Crippen LogP contribution is 2.17. The van der Waals surface area contributed by atoms with E-state index in [9.17, 15) is 14.4 Å². The van der Waals surface area contributed by atoms with E-state index in [1.165, 1.54) is 0 Å². The standard InChI is InChI=1S/C20H21ClN2O4/c1-3-13(2)22-20(26)23-18(24)12-27-17-10-6-15(7-11-17)19(25)14-4-8-16(21)9-5-14/h4-11,13H,3,12H2,1-2H3,(H2,22,23,24,26)/t13-/m0/s1. The Morgan fingerprint density at radius 3 is 2.11 bits per heavy atom. The van der Waals surface area contributed by atoms with Crippen molar-refractivity contribution in [3.63, 3.8) is 0 Å². The van der Waals surface area contributed by atoms with E-state index in [-0.39, 0.29) is 18.4 Å². The summed E-state index contributed by atoms with van der Waals surface area (Å²) >= 11 is 5.82. The van der Waals surface area contributed by atoms with Crippen LogP contribution in [0, 0.1) is 0 Å². The zero-order valence-electron chi connectivity index (χ0n) is 15.1. The molecule has 0 saturated carbocycles. The number of carbonyl (C=O) groups is 3. The van der Waals surface area contributed by atoms with Crippen molar-refractivity contribution in [3.05, 3.63) is 64.7 Å². The molecule has 0 heterocycles. The predicted octanol–water partition coefficient (Wildman–Crippen LogP) is 3.57. The number of hydrogen-bond donors (Lipinski definition) is 2. The molecule has 2 N–H and O–H groups in total. The summed E-state index contributed by atoms with van der Waals surface area (Å²) < 4.78 is 5.34. The summed E-state index contributed by atoms with van der Waals surface area (Å²) in [6.45, 7) is 3.46. The van der Waals surface area contributed by atoms with Gasteiger partial charge in [0.05, 0.1) is 0 Å². The van der Waals surface area contributed by atoms with Crippen molar-refractivity contribution in [1.29, 1.82) is 0 Å². The maximum atomic E-state index is 12.4. The molecule has 0 aromatic heterocycles.